The molecule has 3 heterocycles. The largest absolute Gasteiger partial charge is 0.442 e. The molecule has 0 N–H and O–H groups in total. The molecule has 10 heteroatoms. The molecule has 1 aromatic heterocycles. The molecule has 1 aromatic carbocycles. The molecule has 1 saturated heterocycles. The second-order valence-corrected chi connectivity index (χ2v) is 6.34. The average Bonchev–Trinajstić information content (AvgIpc) is 3.29. The zero-order valence-corrected chi connectivity index (χ0v) is 13.6. The van der Waals surface area contributed by atoms with Crippen molar-refractivity contribution in [3.05, 3.63) is 47.8 Å². The van der Waals surface area contributed by atoms with E-state index in [2.05, 4.69) is 20.4 Å². The predicted octanol–water partition coefficient (Wildman–Crippen LogP) is 2.94. The van der Waals surface area contributed by atoms with Crippen LogP contribution in [0.15, 0.2) is 46.9 Å². The van der Waals surface area contributed by atoms with E-state index in [-0.39, 0.29) is 17.5 Å². The van der Waals surface area contributed by atoms with Crippen LogP contribution in [0, 0.1) is 0 Å². The Kier molecular flexibility index (Phi) is 3.78. The number of hydrogen-bond acceptors (Lipinski definition) is 5. The van der Waals surface area contributed by atoms with Crippen molar-refractivity contribution in [2.75, 3.05) is 13.1 Å². The number of halogens is 3. The lowest BCUT2D eigenvalue weighted by molar-refractivity contribution is -0.166. The Hall–Kier alpha value is -2.78. The van der Waals surface area contributed by atoms with E-state index in [1.54, 1.807) is 22.1 Å². The highest BCUT2D eigenvalue weighted by molar-refractivity contribution is 5.94. The van der Waals surface area contributed by atoms with Gasteiger partial charge >= 0.3 is 11.8 Å². The number of carbonyl (C=O) groups excluding carboxylic acids is 1. The van der Waals surface area contributed by atoms with Gasteiger partial charge in [0.2, 0.25) is 0 Å². The second kappa shape index (κ2) is 5.89. The van der Waals surface area contributed by atoms with Gasteiger partial charge in [0.1, 0.15) is 0 Å². The van der Waals surface area contributed by atoms with Gasteiger partial charge < -0.3 is 4.90 Å². The van der Waals surface area contributed by atoms with E-state index in [0.717, 1.165) is 12.8 Å². The molecule has 136 valence electrons. The third-order valence-electron chi connectivity index (χ3n) is 4.68. The molecule has 0 bridgehead atoms. The summed E-state index contributed by atoms with van der Waals surface area (Å²) in [6.07, 6.45) is 0.281. The first-order chi connectivity index (χ1) is 12.4. The van der Waals surface area contributed by atoms with E-state index in [1.165, 1.54) is 24.3 Å². The van der Waals surface area contributed by atoms with Crippen LogP contribution < -0.4 is 0 Å². The Labute approximate surface area is 146 Å². The van der Waals surface area contributed by atoms with Gasteiger partial charge in [-0.05, 0) is 25.0 Å². The molecule has 1 atom stereocenters. The summed E-state index contributed by atoms with van der Waals surface area (Å²) < 4.78 is 39.1. The van der Waals surface area contributed by atoms with Crippen molar-refractivity contribution in [3.8, 4) is 0 Å². The molecule has 26 heavy (non-hydrogen) atoms. The van der Waals surface area contributed by atoms with Crippen LogP contribution in [0.2, 0.25) is 0 Å². The van der Waals surface area contributed by atoms with E-state index in [0.29, 0.717) is 18.7 Å². The minimum absolute atomic E-state index is 0.000430. The summed E-state index contributed by atoms with van der Waals surface area (Å²) in [7, 11) is 0. The maximum Gasteiger partial charge on any atom is 0.442 e. The minimum atomic E-state index is -4.57. The van der Waals surface area contributed by atoms with Gasteiger partial charge in [-0.1, -0.05) is 12.1 Å². The minimum Gasteiger partial charge on any atom is -0.336 e. The molecular weight excluding hydrogens is 349 g/mol. The van der Waals surface area contributed by atoms with Crippen LogP contribution >= 0.6 is 0 Å². The van der Waals surface area contributed by atoms with Crippen LogP contribution in [0.5, 0.6) is 0 Å². The summed E-state index contributed by atoms with van der Waals surface area (Å²) in [6, 6.07) is 5.31. The highest BCUT2D eigenvalue weighted by Gasteiger charge is 2.65. The van der Waals surface area contributed by atoms with Crippen LogP contribution in [-0.2, 0) is 5.66 Å². The van der Waals surface area contributed by atoms with Crippen molar-refractivity contribution in [3.63, 3.8) is 0 Å². The molecule has 1 unspecified atom stereocenters. The number of nitrogens with zero attached hydrogens (tertiary/aromatic N) is 6. The summed E-state index contributed by atoms with van der Waals surface area (Å²) in [5.41, 5.74) is -2.21. The third kappa shape index (κ3) is 2.74. The third-order valence-corrected chi connectivity index (χ3v) is 4.68. The van der Waals surface area contributed by atoms with Gasteiger partial charge in [-0.3, -0.25) is 4.79 Å². The summed E-state index contributed by atoms with van der Waals surface area (Å²) in [5.74, 6) is -0.223. The van der Waals surface area contributed by atoms with Crippen LogP contribution in [0.3, 0.4) is 0 Å². The summed E-state index contributed by atoms with van der Waals surface area (Å²) in [4.78, 5) is 16.0. The average molecular weight is 364 g/mol. The Morgan fingerprint density at radius 2 is 1.77 bits per heavy atom. The standard InChI is InChI=1S/C16H15F3N6O/c17-16(18,19)15(22-23-15)12-5-3-11(4-6-12)14(26)24-9-1-2-13(10-24)25-20-7-8-21-25/h3-8,13H,1-2,9-10H2. The Balaban J connectivity index is 1.48. The molecule has 2 aromatic rings. The van der Waals surface area contributed by atoms with Crippen molar-refractivity contribution in [1.82, 2.24) is 19.9 Å². The number of carbonyl (C=O) groups is 1. The molecular formula is C16H15F3N6O. The van der Waals surface area contributed by atoms with Crippen molar-refractivity contribution in [2.24, 2.45) is 10.2 Å². The van der Waals surface area contributed by atoms with Gasteiger partial charge in [-0.2, -0.15) is 28.2 Å². The molecule has 2 aliphatic rings. The van der Waals surface area contributed by atoms with Gasteiger partial charge in [0.05, 0.1) is 18.4 Å². The smallest absolute Gasteiger partial charge is 0.336 e. The number of piperidine rings is 1. The van der Waals surface area contributed by atoms with E-state index in [1.807, 2.05) is 0 Å². The highest BCUT2D eigenvalue weighted by atomic mass is 19.4. The van der Waals surface area contributed by atoms with Crippen molar-refractivity contribution in [1.29, 1.82) is 0 Å². The number of alkyl halides is 3. The lowest BCUT2D eigenvalue weighted by Crippen LogP contribution is -2.41. The first-order valence-electron chi connectivity index (χ1n) is 8.17. The first-order valence-corrected chi connectivity index (χ1v) is 8.17. The molecule has 0 spiro atoms. The van der Waals surface area contributed by atoms with E-state index in [4.69, 9.17) is 0 Å². The lowest BCUT2D eigenvalue weighted by atomic mass is 10.00. The zero-order valence-electron chi connectivity index (χ0n) is 13.6. The maximum atomic E-state index is 13.0. The fourth-order valence-electron chi connectivity index (χ4n) is 3.21. The number of rotatable bonds is 3. The van der Waals surface area contributed by atoms with Crippen LogP contribution in [0.25, 0.3) is 0 Å². The monoisotopic (exact) mass is 364 g/mol. The molecule has 7 nitrogen and oxygen atoms in total. The van der Waals surface area contributed by atoms with Crippen molar-refractivity contribution < 1.29 is 18.0 Å². The number of benzene rings is 1. The number of hydrogen-bond donors (Lipinski definition) is 0. The lowest BCUT2D eigenvalue weighted by Gasteiger charge is -2.32. The van der Waals surface area contributed by atoms with Gasteiger partial charge in [-0.25, -0.2) is 0 Å². The molecule has 1 amide bonds. The Bertz CT molecular complexity index is 825. The SMILES string of the molecule is O=C(c1ccc(C2(C(F)(F)F)N=N2)cc1)N1CCCC(n2nccn2)C1. The van der Waals surface area contributed by atoms with Gasteiger partial charge in [0, 0.05) is 24.2 Å². The number of likely N-dealkylation sites (tertiary alicyclic amines) is 1. The van der Waals surface area contributed by atoms with Gasteiger partial charge in [0.15, 0.2) is 0 Å². The highest BCUT2D eigenvalue weighted by Crippen LogP contribution is 2.52. The Morgan fingerprint density at radius 1 is 1.12 bits per heavy atom. The van der Waals surface area contributed by atoms with Crippen LogP contribution in [0.1, 0.15) is 34.8 Å². The molecule has 0 radical (unpaired) electrons. The summed E-state index contributed by atoms with van der Waals surface area (Å²) >= 11 is 0. The predicted molar refractivity (Wildman–Crippen MR) is 83.2 cm³/mol. The first kappa shape index (κ1) is 16.7. The maximum absolute atomic E-state index is 13.0. The summed E-state index contributed by atoms with van der Waals surface area (Å²) in [5, 5.41) is 14.6. The van der Waals surface area contributed by atoms with Crippen LogP contribution in [-0.4, -0.2) is 45.1 Å². The molecule has 0 saturated carbocycles. The van der Waals surface area contributed by atoms with E-state index >= 15 is 0 Å². The normalized spacial score (nSPS) is 21.7. The fourth-order valence-corrected chi connectivity index (χ4v) is 3.21. The van der Waals surface area contributed by atoms with E-state index in [9.17, 15) is 18.0 Å². The van der Waals surface area contributed by atoms with Crippen LogP contribution in [0.4, 0.5) is 13.2 Å². The number of aromatic nitrogens is 3. The topological polar surface area (TPSA) is 75.7 Å². The number of amides is 1. The van der Waals surface area contributed by atoms with Crippen molar-refractivity contribution in [2.45, 2.75) is 30.7 Å². The molecule has 1 fully saturated rings. The molecule has 0 aliphatic carbocycles. The van der Waals surface area contributed by atoms with E-state index < -0.39 is 11.8 Å². The fraction of sp³-hybridized carbons (Fsp3) is 0.438. The second-order valence-electron chi connectivity index (χ2n) is 6.34. The van der Waals surface area contributed by atoms with Gasteiger partial charge in [-0.15, -0.1) is 10.2 Å². The quantitative estimate of drug-likeness (QED) is 0.840. The summed E-state index contributed by atoms with van der Waals surface area (Å²) in [6.45, 7) is 1.06. The Morgan fingerprint density at radius 3 is 2.35 bits per heavy atom. The van der Waals surface area contributed by atoms with Crippen molar-refractivity contribution >= 4 is 5.91 Å². The molecule has 2 aliphatic heterocycles. The zero-order chi connectivity index (χ0) is 18.4. The van der Waals surface area contributed by atoms with Gasteiger partial charge in [0.25, 0.3) is 5.91 Å². The molecule has 4 rings (SSSR count).